The minimum absolute atomic E-state index is 0.164. The van der Waals surface area contributed by atoms with Crippen LogP contribution in [0.15, 0.2) is 18.5 Å². The molecule has 3 heterocycles. The fourth-order valence-corrected chi connectivity index (χ4v) is 2.44. The first-order valence-electron chi connectivity index (χ1n) is 6.94. The number of anilines is 1. The number of nitrogens with two attached hydrogens (primary N) is 1. The Balaban J connectivity index is 2.21. The van der Waals surface area contributed by atoms with Gasteiger partial charge in [0.25, 0.3) is 6.43 Å². The van der Waals surface area contributed by atoms with E-state index in [0.29, 0.717) is 11.3 Å². The molecule has 7 nitrogen and oxygen atoms in total. The van der Waals surface area contributed by atoms with Gasteiger partial charge in [-0.3, -0.25) is 14.6 Å². The van der Waals surface area contributed by atoms with Gasteiger partial charge in [0.15, 0.2) is 5.65 Å². The van der Waals surface area contributed by atoms with Crippen molar-refractivity contribution >= 4 is 23.3 Å². The molecule has 3 rings (SSSR count). The molecule has 0 spiro atoms. The van der Waals surface area contributed by atoms with Crippen molar-refractivity contribution < 1.29 is 18.4 Å². The lowest BCUT2D eigenvalue weighted by Gasteiger charge is -2.17. The number of hydrogen-bond acceptors (Lipinski definition) is 4. The molecule has 0 saturated carbocycles. The number of amides is 3. The van der Waals surface area contributed by atoms with Gasteiger partial charge in [-0.1, -0.05) is 0 Å². The molecule has 3 amide bonds. The minimum atomic E-state index is -2.72. The van der Waals surface area contributed by atoms with Gasteiger partial charge in [-0.05, 0) is 13.0 Å². The third-order valence-electron chi connectivity index (χ3n) is 3.77. The lowest BCUT2D eigenvalue weighted by atomic mass is 10.2. The molecule has 1 aliphatic rings. The molecule has 1 aliphatic heterocycles. The highest BCUT2D eigenvalue weighted by molar-refractivity contribution is 6.13. The summed E-state index contributed by atoms with van der Waals surface area (Å²) in [6.45, 7) is 1.51. The molecule has 122 valence electrons. The highest BCUT2D eigenvalue weighted by atomic mass is 19.3. The van der Waals surface area contributed by atoms with Crippen LogP contribution in [0.1, 0.15) is 30.6 Å². The number of likely N-dealkylation sites (N-methyl/N-ethyl adjacent to an activating group) is 1. The second-order valence-corrected chi connectivity index (χ2v) is 5.47. The molecule has 9 heteroatoms. The third-order valence-corrected chi connectivity index (χ3v) is 3.77. The summed E-state index contributed by atoms with van der Waals surface area (Å²) in [5.74, 6) is -0.408. The Kier molecular flexibility index (Phi) is 3.52. The maximum Gasteiger partial charge on any atom is 0.331 e. The Morgan fingerprint density at radius 2 is 2.00 bits per heavy atom. The van der Waals surface area contributed by atoms with Crippen molar-refractivity contribution in [1.82, 2.24) is 14.3 Å². The predicted molar refractivity (Wildman–Crippen MR) is 78.3 cm³/mol. The van der Waals surface area contributed by atoms with E-state index in [4.69, 9.17) is 5.73 Å². The maximum atomic E-state index is 13.1. The summed E-state index contributed by atoms with van der Waals surface area (Å²) in [7, 11) is 1.35. The highest BCUT2D eigenvalue weighted by Gasteiger charge is 2.36. The van der Waals surface area contributed by atoms with Crippen molar-refractivity contribution in [3.05, 3.63) is 29.7 Å². The van der Waals surface area contributed by atoms with E-state index in [2.05, 4.69) is 4.98 Å². The molecule has 2 N–H and O–H groups in total. The fourth-order valence-electron chi connectivity index (χ4n) is 2.44. The SMILES string of the molecule is C[C@H](N)c1cn2cc(C(F)F)cc(N3CC(=O)N(C)C3=O)c2n1. The second-order valence-electron chi connectivity index (χ2n) is 5.47. The number of hydrogen-bond donors (Lipinski definition) is 1. The van der Waals surface area contributed by atoms with Gasteiger partial charge in [-0.25, -0.2) is 18.6 Å². The fraction of sp³-hybridized carbons (Fsp3) is 0.357. The zero-order chi connectivity index (χ0) is 16.9. The summed E-state index contributed by atoms with van der Waals surface area (Å²) >= 11 is 0. The largest absolute Gasteiger partial charge is 0.331 e. The molecule has 0 unspecified atom stereocenters. The first-order valence-corrected chi connectivity index (χ1v) is 6.94. The number of urea groups is 1. The van der Waals surface area contributed by atoms with E-state index in [1.165, 1.54) is 23.7 Å². The van der Waals surface area contributed by atoms with Gasteiger partial charge in [0.2, 0.25) is 5.91 Å². The summed E-state index contributed by atoms with van der Waals surface area (Å²) in [6.07, 6.45) is 0.0704. The van der Waals surface area contributed by atoms with Crippen LogP contribution in [0.4, 0.5) is 19.3 Å². The third kappa shape index (κ3) is 2.42. The van der Waals surface area contributed by atoms with E-state index in [-0.39, 0.29) is 17.8 Å². The molecule has 1 fully saturated rings. The molecule has 0 radical (unpaired) electrons. The molecule has 23 heavy (non-hydrogen) atoms. The Bertz CT molecular complexity index is 802. The number of nitrogens with zero attached hydrogens (tertiary/aromatic N) is 4. The Hall–Kier alpha value is -2.55. The van der Waals surface area contributed by atoms with Crippen molar-refractivity contribution in [3.8, 4) is 0 Å². The van der Waals surface area contributed by atoms with Crippen molar-refractivity contribution in [2.45, 2.75) is 19.4 Å². The second kappa shape index (κ2) is 5.27. The lowest BCUT2D eigenvalue weighted by Crippen LogP contribution is -2.30. The number of carbonyl (C=O) groups is 2. The van der Waals surface area contributed by atoms with Crippen molar-refractivity contribution in [3.63, 3.8) is 0 Å². The molecule has 0 aromatic carbocycles. The number of pyridine rings is 1. The number of aromatic nitrogens is 2. The van der Waals surface area contributed by atoms with Crippen molar-refractivity contribution in [1.29, 1.82) is 0 Å². The van der Waals surface area contributed by atoms with E-state index >= 15 is 0 Å². The first-order chi connectivity index (χ1) is 10.8. The summed E-state index contributed by atoms with van der Waals surface area (Å²) in [5, 5.41) is 0. The van der Waals surface area contributed by atoms with Crippen LogP contribution < -0.4 is 10.6 Å². The first kappa shape index (κ1) is 15.3. The number of imidazole rings is 1. The Labute approximate surface area is 130 Å². The zero-order valence-electron chi connectivity index (χ0n) is 12.5. The van der Waals surface area contributed by atoms with E-state index in [0.717, 1.165) is 9.80 Å². The number of fused-ring (bicyclic) bond motifs is 1. The number of alkyl halides is 2. The monoisotopic (exact) mass is 323 g/mol. The number of halogens is 2. The number of rotatable bonds is 3. The van der Waals surface area contributed by atoms with E-state index in [9.17, 15) is 18.4 Å². The molecule has 2 aromatic heterocycles. The topological polar surface area (TPSA) is 83.9 Å². The number of carbonyl (C=O) groups excluding carboxylic acids is 2. The summed E-state index contributed by atoms with van der Waals surface area (Å²) < 4.78 is 27.7. The summed E-state index contributed by atoms with van der Waals surface area (Å²) in [5.41, 5.74) is 6.49. The van der Waals surface area contributed by atoms with Gasteiger partial charge >= 0.3 is 6.03 Å². The van der Waals surface area contributed by atoms with E-state index < -0.39 is 24.4 Å². The van der Waals surface area contributed by atoms with Gasteiger partial charge in [0.05, 0.1) is 11.4 Å². The van der Waals surface area contributed by atoms with Crippen LogP contribution in [0, 0.1) is 0 Å². The van der Waals surface area contributed by atoms with Crippen molar-refractivity contribution in [2.75, 3.05) is 18.5 Å². The summed E-state index contributed by atoms with van der Waals surface area (Å²) in [4.78, 5) is 30.3. The number of imide groups is 1. The highest BCUT2D eigenvalue weighted by Crippen LogP contribution is 2.31. The smallest absolute Gasteiger partial charge is 0.323 e. The van der Waals surface area contributed by atoms with Gasteiger partial charge in [0.1, 0.15) is 6.54 Å². The molecular weight excluding hydrogens is 308 g/mol. The van der Waals surface area contributed by atoms with Gasteiger partial charge in [0, 0.05) is 31.0 Å². The quantitative estimate of drug-likeness (QED) is 0.871. The predicted octanol–water partition coefficient (Wildman–Crippen LogP) is 1.69. The van der Waals surface area contributed by atoms with Crippen LogP contribution in [0.3, 0.4) is 0 Å². The molecule has 0 aliphatic carbocycles. The van der Waals surface area contributed by atoms with Crippen LogP contribution in [-0.2, 0) is 4.79 Å². The van der Waals surface area contributed by atoms with Crippen LogP contribution in [0.2, 0.25) is 0 Å². The normalized spacial score (nSPS) is 17.0. The molecule has 0 bridgehead atoms. The standard InChI is InChI=1S/C14H15F2N5O2/c1-7(17)9-5-20-4-8(12(15)16)3-10(13(20)18-9)21-6-11(22)19(2)14(21)23/h3-5,7,12H,6,17H2,1-2H3/t7-/m0/s1. The van der Waals surface area contributed by atoms with E-state index in [1.807, 2.05) is 0 Å². The Morgan fingerprint density at radius 3 is 2.52 bits per heavy atom. The van der Waals surface area contributed by atoms with Crippen LogP contribution in [0.5, 0.6) is 0 Å². The van der Waals surface area contributed by atoms with Crippen LogP contribution in [0.25, 0.3) is 5.65 Å². The molecule has 1 saturated heterocycles. The minimum Gasteiger partial charge on any atom is -0.323 e. The maximum absolute atomic E-state index is 13.1. The van der Waals surface area contributed by atoms with Gasteiger partial charge in [-0.2, -0.15) is 0 Å². The molecular formula is C14H15F2N5O2. The summed E-state index contributed by atoms with van der Waals surface area (Å²) in [6, 6.07) is 0.215. The Morgan fingerprint density at radius 1 is 1.30 bits per heavy atom. The average Bonchev–Trinajstić information content (AvgIpc) is 3.03. The van der Waals surface area contributed by atoms with Crippen LogP contribution >= 0.6 is 0 Å². The van der Waals surface area contributed by atoms with Gasteiger partial charge < -0.3 is 10.1 Å². The van der Waals surface area contributed by atoms with E-state index in [1.54, 1.807) is 13.1 Å². The van der Waals surface area contributed by atoms with Crippen molar-refractivity contribution in [2.24, 2.45) is 5.73 Å². The lowest BCUT2D eigenvalue weighted by molar-refractivity contribution is -0.123. The molecule has 1 atom stereocenters. The zero-order valence-corrected chi connectivity index (χ0v) is 12.5. The molecule has 2 aromatic rings. The average molecular weight is 323 g/mol. The van der Waals surface area contributed by atoms with Crippen LogP contribution in [-0.4, -0.2) is 39.8 Å². The van der Waals surface area contributed by atoms with Gasteiger partial charge in [-0.15, -0.1) is 0 Å².